The number of anilines is 2. The third kappa shape index (κ3) is 2.31. The highest BCUT2D eigenvalue weighted by Gasteiger charge is 2.14. The average Bonchev–Trinajstić information content (AvgIpc) is 2.79. The van der Waals surface area contributed by atoms with Gasteiger partial charge in [-0.05, 0) is 25.3 Å². The first kappa shape index (κ1) is 13.1. The van der Waals surface area contributed by atoms with Crippen LogP contribution in [0.5, 0.6) is 0 Å². The maximum absolute atomic E-state index is 12.3. The summed E-state index contributed by atoms with van der Waals surface area (Å²) >= 11 is 0. The van der Waals surface area contributed by atoms with Gasteiger partial charge in [0.15, 0.2) is 0 Å². The minimum absolute atomic E-state index is 0.284. The van der Waals surface area contributed by atoms with E-state index in [-0.39, 0.29) is 11.6 Å². The normalized spacial score (nSPS) is 10.8. The Labute approximate surface area is 121 Å². The van der Waals surface area contributed by atoms with Gasteiger partial charge in [-0.3, -0.25) is 9.89 Å². The maximum Gasteiger partial charge on any atom is 0.274 e. The number of rotatable bonds is 2. The number of benzene rings is 1. The van der Waals surface area contributed by atoms with Gasteiger partial charge in [-0.25, -0.2) is 4.98 Å². The van der Waals surface area contributed by atoms with Gasteiger partial charge in [0.05, 0.1) is 17.1 Å². The summed E-state index contributed by atoms with van der Waals surface area (Å²) in [6.45, 7) is 3.67. The topological polar surface area (TPSA) is 96.7 Å². The summed E-state index contributed by atoms with van der Waals surface area (Å²) in [6, 6.07) is 9.29. The first-order chi connectivity index (χ1) is 10.1. The van der Waals surface area contributed by atoms with E-state index in [4.69, 9.17) is 5.73 Å². The van der Waals surface area contributed by atoms with Gasteiger partial charge >= 0.3 is 0 Å². The zero-order valence-corrected chi connectivity index (χ0v) is 11.8. The van der Waals surface area contributed by atoms with Crippen LogP contribution >= 0.6 is 0 Å². The van der Waals surface area contributed by atoms with Gasteiger partial charge in [0, 0.05) is 5.39 Å². The second kappa shape index (κ2) is 4.90. The van der Waals surface area contributed by atoms with Gasteiger partial charge in [-0.15, -0.1) is 0 Å². The molecule has 0 aliphatic heterocycles. The molecule has 2 heterocycles. The molecule has 21 heavy (non-hydrogen) atoms. The summed E-state index contributed by atoms with van der Waals surface area (Å²) < 4.78 is 0. The molecule has 2 aromatic heterocycles. The first-order valence-corrected chi connectivity index (χ1v) is 6.54. The number of H-pyrrole nitrogens is 1. The van der Waals surface area contributed by atoms with Gasteiger partial charge < -0.3 is 11.1 Å². The molecule has 0 aliphatic carbocycles. The third-order valence-corrected chi connectivity index (χ3v) is 3.37. The minimum atomic E-state index is -0.306. The number of nitrogens with zero attached hydrogens (tertiary/aromatic N) is 2. The van der Waals surface area contributed by atoms with Gasteiger partial charge in [0.2, 0.25) is 0 Å². The van der Waals surface area contributed by atoms with Gasteiger partial charge in [-0.1, -0.05) is 24.3 Å². The molecule has 6 nitrogen and oxygen atoms in total. The van der Waals surface area contributed by atoms with Crippen molar-refractivity contribution >= 4 is 28.2 Å². The summed E-state index contributed by atoms with van der Waals surface area (Å²) in [4.78, 5) is 16.5. The Hall–Kier alpha value is -2.89. The minimum Gasteiger partial charge on any atom is -0.383 e. The first-order valence-electron chi connectivity index (χ1n) is 6.54. The Kier molecular flexibility index (Phi) is 3.06. The van der Waals surface area contributed by atoms with Crippen LogP contribution in [0.3, 0.4) is 0 Å². The maximum atomic E-state index is 12.3. The second-order valence-electron chi connectivity index (χ2n) is 4.88. The SMILES string of the molecule is Cc1n[nH]c(C)c1NC(=O)c1cc2ccccc2c(N)n1. The quantitative estimate of drug-likeness (QED) is 0.672. The number of amides is 1. The van der Waals surface area contributed by atoms with Crippen molar-refractivity contribution in [2.24, 2.45) is 0 Å². The van der Waals surface area contributed by atoms with Crippen molar-refractivity contribution in [3.05, 3.63) is 47.4 Å². The molecule has 1 aromatic carbocycles. The predicted molar refractivity (Wildman–Crippen MR) is 82.2 cm³/mol. The van der Waals surface area contributed by atoms with Crippen LogP contribution in [0.25, 0.3) is 10.8 Å². The molecule has 0 saturated heterocycles. The zero-order chi connectivity index (χ0) is 15.0. The highest BCUT2D eigenvalue weighted by molar-refractivity contribution is 6.06. The van der Waals surface area contributed by atoms with E-state index in [1.54, 1.807) is 6.07 Å². The number of fused-ring (bicyclic) bond motifs is 1. The van der Waals surface area contributed by atoms with E-state index in [0.29, 0.717) is 11.5 Å². The van der Waals surface area contributed by atoms with E-state index in [9.17, 15) is 4.79 Å². The molecule has 0 bridgehead atoms. The summed E-state index contributed by atoms with van der Waals surface area (Å²) in [6.07, 6.45) is 0. The van der Waals surface area contributed by atoms with Crippen molar-refractivity contribution in [3.8, 4) is 0 Å². The van der Waals surface area contributed by atoms with Crippen molar-refractivity contribution in [1.82, 2.24) is 15.2 Å². The number of aryl methyl sites for hydroxylation is 2. The Balaban J connectivity index is 1.99. The number of carbonyl (C=O) groups excluding carboxylic acids is 1. The van der Waals surface area contributed by atoms with Gasteiger partial charge in [0.1, 0.15) is 11.5 Å². The van der Waals surface area contributed by atoms with Crippen LogP contribution in [-0.2, 0) is 0 Å². The lowest BCUT2D eigenvalue weighted by atomic mass is 10.1. The number of pyridine rings is 1. The molecule has 106 valence electrons. The number of aromatic nitrogens is 3. The highest BCUT2D eigenvalue weighted by atomic mass is 16.1. The molecule has 0 saturated carbocycles. The molecule has 0 aliphatic rings. The fourth-order valence-electron chi connectivity index (χ4n) is 2.25. The Morgan fingerprint density at radius 1 is 1.29 bits per heavy atom. The van der Waals surface area contributed by atoms with Crippen LogP contribution in [0.15, 0.2) is 30.3 Å². The largest absolute Gasteiger partial charge is 0.383 e. The number of hydrogen-bond acceptors (Lipinski definition) is 4. The highest BCUT2D eigenvalue weighted by Crippen LogP contribution is 2.22. The van der Waals surface area contributed by atoms with Crippen molar-refractivity contribution in [2.45, 2.75) is 13.8 Å². The molecular formula is C15H15N5O. The van der Waals surface area contributed by atoms with Crippen molar-refractivity contribution in [2.75, 3.05) is 11.1 Å². The van der Waals surface area contributed by atoms with Crippen LogP contribution in [0.1, 0.15) is 21.9 Å². The van der Waals surface area contributed by atoms with E-state index < -0.39 is 0 Å². The summed E-state index contributed by atoms with van der Waals surface area (Å²) in [5.41, 5.74) is 8.41. The standard InChI is InChI=1S/C15H15N5O/c1-8-13(9(2)20-19-8)18-15(21)12-7-10-5-3-4-6-11(10)14(16)17-12/h3-7H,1-2H3,(H2,16,17)(H,18,21)(H,19,20). The summed E-state index contributed by atoms with van der Waals surface area (Å²) in [5, 5.41) is 11.4. The molecule has 1 amide bonds. The van der Waals surface area contributed by atoms with E-state index in [1.807, 2.05) is 38.1 Å². The molecule has 0 spiro atoms. The van der Waals surface area contributed by atoms with Crippen LogP contribution < -0.4 is 11.1 Å². The van der Waals surface area contributed by atoms with Gasteiger partial charge in [-0.2, -0.15) is 5.10 Å². The van der Waals surface area contributed by atoms with Crippen LogP contribution in [0.4, 0.5) is 11.5 Å². The predicted octanol–water partition coefficient (Wildman–Crippen LogP) is 2.41. The Morgan fingerprint density at radius 3 is 2.76 bits per heavy atom. The molecule has 0 unspecified atom stereocenters. The smallest absolute Gasteiger partial charge is 0.274 e. The van der Waals surface area contributed by atoms with E-state index in [1.165, 1.54) is 0 Å². The third-order valence-electron chi connectivity index (χ3n) is 3.37. The Bertz CT molecular complexity index is 818. The average molecular weight is 281 g/mol. The lowest BCUT2D eigenvalue weighted by molar-refractivity contribution is 0.102. The number of aromatic amines is 1. The second-order valence-corrected chi connectivity index (χ2v) is 4.88. The molecule has 0 radical (unpaired) electrons. The molecule has 6 heteroatoms. The van der Waals surface area contributed by atoms with Gasteiger partial charge in [0.25, 0.3) is 5.91 Å². The van der Waals surface area contributed by atoms with Crippen molar-refractivity contribution < 1.29 is 4.79 Å². The van der Waals surface area contributed by atoms with Crippen LogP contribution in [-0.4, -0.2) is 21.1 Å². The fraction of sp³-hybridized carbons (Fsp3) is 0.133. The molecule has 0 atom stereocenters. The lowest BCUT2D eigenvalue weighted by Crippen LogP contribution is -2.15. The van der Waals surface area contributed by atoms with Crippen molar-refractivity contribution in [1.29, 1.82) is 0 Å². The molecule has 3 rings (SSSR count). The number of carbonyl (C=O) groups is 1. The van der Waals surface area contributed by atoms with E-state index in [2.05, 4.69) is 20.5 Å². The number of hydrogen-bond donors (Lipinski definition) is 3. The van der Waals surface area contributed by atoms with E-state index in [0.717, 1.165) is 22.2 Å². The summed E-state index contributed by atoms with van der Waals surface area (Å²) in [5.74, 6) is 0.0407. The summed E-state index contributed by atoms with van der Waals surface area (Å²) in [7, 11) is 0. The molecule has 0 fully saturated rings. The number of nitrogen functional groups attached to an aromatic ring is 1. The van der Waals surface area contributed by atoms with Crippen LogP contribution in [0, 0.1) is 13.8 Å². The number of nitrogens with two attached hydrogens (primary N) is 1. The Morgan fingerprint density at radius 2 is 2.05 bits per heavy atom. The van der Waals surface area contributed by atoms with Crippen LogP contribution in [0.2, 0.25) is 0 Å². The van der Waals surface area contributed by atoms with E-state index >= 15 is 0 Å². The molecular weight excluding hydrogens is 266 g/mol. The molecule has 3 aromatic rings. The zero-order valence-electron chi connectivity index (χ0n) is 11.8. The number of nitrogens with one attached hydrogen (secondary N) is 2. The monoisotopic (exact) mass is 281 g/mol. The lowest BCUT2D eigenvalue weighted by Gasteiger charge is -2.07. The van der Waals surface area contributed by atoms with Crippen molar-refractivity contribution in [3.63, 3.8) is 0 Å². The molecule has 4 N–H and O–H groups in total. The fourth-order valence-corrected chi connectivity index (χ4v) is 2.25.